The first-order chi connectivity index (χ1) is 14.2. The third kappa shape index (κ3) is 3.92. The number of para-hydroxylation sites is 2. The van der Waals surface area contributed by atoms with Gasteiger partial charge in [-0.15, -0.1) is 0 Å². The molecule has 0 aliphatic carbocycles. The second kappa shape index (κ2) is 8.55. The lowest BCUT2D eigenvalue weighted by molar-refractivity contribution is -0.131. The maximum absolute atomic E-state index is 12.4. The van der Waals surface area contributed by atoms with Crippen molar-refractivity contribution < 1.29 is 14.3 Å². The Morgan fingerprint density at radius 2 is 1.90 bits per heavy atom. The Morgan fingerprint density at radius 3 is 2.66 bits per heavy atom. The summed E-state index contributed by atoms with van der Waals surface area (Å²) >= 11 is 0. The standard InChI is InChI=1S/C23H27N3O3/c1-3-22(27)25-14-6-9-21(25)23-24-19-7-4-5-8-20(19)26(23)15-16-29-18-12-10-17(28-2)11-13-18/h4-5,7-8,10-13,21H,3,6,9,14-16H2,1-2H3. The Labute approximate surface area is 171 Å². The van der Waals surface area contributed by atoms with Crippen LogP contribution >= 0.6 is 0 Å². The highest BCUT2D eigenvalue weighted by Crippen LogP contribution is 2.33. The zero-order valence-electron chi connectivity index (χ0n) is 17.0. The lowest BCUT2D eigenvalue weighted by Gasteiger charge is -2.25. The van der Waals surface area contributed by atoms with Gasteiger partial charge < -0.3 is 18.9 Å². The van der Waals surface area contributed by atoms with Gasteiger partial charge in [0.2, 0.25) is 5.91 Å². The van der Waals surface area contributed by atoms with Crippen LogP contribution in [0.4, 0.5) is 0 Å². The molecule has 6 nitrogen and oxygen atoms in total. The maximum atomic E-state index is 12.4. The number of methoxy groups -OCH3 is 1. The van der Waals surface area contributed by atoms with E-state index in [1.54, 1.807) is 7.11 Å². The van der Waals surface area contributed by atoms with E-state index in [2.05, 4.69) is 10.6 Å². The summed E-state index contributed by atoms with van der Waals surface area (Å²) < 4.78 is 13.4. The van der Waals surface area contributed by atoms with E-state index in [-0.39, 0.29) is 11.9 Å². The summed E-state index contributed by atoms with van der Waals surface area (Å²) in [5.41, 5.74) is 2.04. The van der Waals surface area contributed by atoms with Crippen LogP contribution in [-0.4, -0.2) is 40.6 Å². The number of hydrogen-bond acceptors (Lipinski definition) is 4. The van der Waals surface area contributed by atoms with Crippen LogP contribution in [0.15, 0.2) is 48.5 Å². The van der Waals surface area contributed by atoms with E-state index < -0.39 is 0 Å². The fourth-order valence-electron chi connectivity index (χ4n) is 4.05. The molecule has 4 rings (SSSR count). The zero-order chi connectivity index (χ0) is 20.2. The normalized spacial score (nSPS) is 16.3. The summed E-state index contributed by atoms with van der Waals surface area (Å²) in [5, 5.41) is 0. The molecular formula is C23H27N3O3. The van der Waals surface area contributed by atoms with Gasteiger partial charge in [-0.1, -0.05) is 19.1 Å². The largest absolute Gasteiger partial charge is 0.497 e. The van der Waals surface area contributed by atoms with E-state index in [0.29, 0.717) is 19.6 Å². The fourth-order valence-corrected chi connectivity index (χ4v) is 4.05. The van der Waals surface area contributed by atoms with Crippen molar-refractivity contribution in [2.24, 2.45) is 0 Å². The lowest BCUT2D eigenvalue weighted by Crippen LogP contribution is -2.31. The molecule has 1 amide bonds. The zero-order valence-corrected chi connectivity index (χ0v) is 17.0. The van der Waals surface area contributed by atoms with E-state index >= 15 is 0 Å². The summed E-state index contributed by atoms with van der Waals surface area (Å²) in [6.45, 7) is 3.92. The molecular weight excluding hydrogens is 366 g/mol. The number of nitrogens with zero attached hydrogens (tertiary/aromatic N) is 3. The molecule has 0 radical (unpaired) electrons. The molecule has 1 saturated heterocycles. The van der Waals surface area contributed by atoms with E-state index in [4.69, 9.17) is 14.5 Å². The van der Waals surface area contributed by atoms with Crippen LogP contribution in [0.5, 0.6) is 11.5 Å². The number of imidazole rings is 1. The molecule has 1 aromatic heterocycles. The fraction of sp³-hybridized carbons (Fsp3) is 0.391. The van der Waals surface area contributed by atoms with Crippen LogP contribution in [0.3, 0.4) is 0 Å². The Bertz CT molecular complexity index is 981. The molecule has 0 saturated carbocycles. The van der Waals surface area contributed by atoms with Gasteiger partial charge in [0.25, 0.3) is 0 Å². The average molecular weight is 393 g/mol. The number of carbonyl (C=O) groups is 1. The molecule has 3 aromatic rings. The van der Waals surface area contributed by atoms with Crippen LogP contribution in [0.1, 0.15) is 38.1 Å². The van der Waals surface area contributed by atoms with Gasteiger partial charge in [0.1, 0.15) is 23.9 Å². The summed E-state index contributed by atoms with van der Waals surface area (Å²) in [6.07, 6.45) is 2.49. The molecule has 29 heavy (non-hydrogen) atoms. The van der Waals surface area contributed by atoms with Crippen molar-refractivity contribution in [1.82, 2.24) is 14.5 Å². The van der Waals surface area contributed by atoms with Crippen molar-refractivity contribution in [1.29, 1.82) is 0 Å². The van der Waals surface area contributed by atoms with E-state index in [1.165, 1.54) is 0 Å². The number of hydrogen-bond donors (Lipinski definition) is 0. The van der Waals surface area contributed by atoms with Gasteiger partial charge in [-0.3, -0.25) is 4.79 Å². The first kappa shape index (κ1) is 19.3. The third-order valence-corrected chi connectivity index (χ3v) is 5.50. The van der Waals surface area contributed by atoms with Gasteiger partial charge in [-0.05, 0) is 49.2 Å². The molecule has 1 aliphatic heterocycles. The van der Waals surface area contributed by atoms with Crippen LogP contribution < -0.4 is 9.47 Å². The summed E-state index contributed by atoms with van der Waals surface area (Å²) in [4.78, 5) is 19.3. The highest BCUT2D eigenvalue weighted by molar-refractivity contribution is 5.78. The molecule has 0 spiro atoms. The average Bonchev–Trinajstić information content (AvgIpc) is 3.38. The van der Waals surface area contributed by atoms with Crippen molar-refractivity contribution in [2.45, 2.75) is 38.8 Å². The molecule has 1 atom stereocenters. The highest BCUT2D eigenvalue weighted by atomic mass is 16.5. The quantitative estimate of drug-likeness (QED) is 0.604. The number of benzene rings is 2. The van der Waals surface area contributed by atoms with Gasteiger partial charge in [-0.25, -0.2) is 4.98 Å². The second-order valence-electron chi connectivity index (χ2n) is 7.23. The van der Waals surface area contributed by atoms with Gasteiger partial charge in [-0.2, -0.15) is 0 Å². The van der Waals surface area contributed by atoms with Crippen molar-refractivity contribution >= 4 is 16.9 Å². The van der Waals surface area contributed by atoms with Crippen LogP contribution in [0.2, 0.25) is 0 Å². The molecule has 152 valence electrons. The highest BCUT2D eigenvalue weighted by Gasteiger charge is 2.32. The molecule has 1 fully saturated rings. The number of ether oxygens (including phenoxy) is 2. The Hall–Kier alpha value is -3.02. The molecule has 0 N–H and O–H groups in total. The van der Waals surface area contributed by atoms with Crippen molar-refractivity contribution in [3.8, 4) is 11.5 Å². The number of likely N-dealkylation sites (tertiary alicyclic amines) is 1. The maximum Gasteiger partial charge on any atom is 0.222 e. The van der Waals surface area contributed by atoms with Crippen molar-refractivity contribution in [2.75, 3.05) is 20.3 Å². The molecule has 1 aliphatic rings. The minimum Gasteiger partial charge on any atom is -0.497 e. The van der Waals surface area contributed by atoms with Crippen molar-refractivity contribution in [3.63, 3.8) is 0 Å². The molecule has 2 heterocycles. The minimum atomic E-state index is 0.0378. The Kier molecular flexibility index (Phi) is 5.69. The van der Waals surface area contributed by atoms with Gasteiger partial charge in [0.15, 0.2) is 0 Å². The smallest absolute Gasteiger partial charge is 0.222 e. The second-order valence-corrected chi connectivity index (χ2v) is 7.23. The Morgan fingerprint density at radius 1 is 1.14 bits per heavy atom. The summed E-state index contributed by atoms with van der Waals surface area (Å²) in [7, 11) is 1.65. The first-order valence-electron chi connectivity index (χ1n) is 10.2. The number of fused-ring (bicyclic) bond motifs is 1. The predicted molar refractivity (Wildman–Crippen MR) is 112 cm³/mol. The van der Waals surface area contributed by atoms with E-state index in [9.17, 15) is 4.79 Å². The minimum absolute atomic E-state index is 0.0378. The van der Waals surface area contributed by atoms with E-state index in [1.807, 2.05) is 54.3 Å². The molecule has 1 unspecified atom stereocenters. The monoisotopic (exact) mass is 393 g/mol. The summed E-state index contributed by atoms with van der Waals surface area (Å²) in [6, 6.07) is 15.8. The van der Waals surface area contributed by atoms with Gasteiger partial charge in [0.05, 0.1) is 30.7 Å². The van der Waals surface area contributed by atoms with Crippen molar-refractivity contribution in [3.05, 3.63) is 54.4 Å². The number of amides is 1. The van der Waals surface area contributed by atoms with E-state index in [0.717, 1.165) is 47.7 Å². The third-order valence-electron chi connectivity index (χ3n) is 5.50. The molecule has 2 aromatic carbocycles. The van der Waals surface area contributed by atoms with Gasteiger partial charge in [0, 0.05) is 13.0 Å². The first-order valence-corrected chi connectivity index (χ1v) is 10.2. The topological polar surface area (TPSA) is 56.6 Å². The molecule has 0 bridgehead atoms. The predicted octanol–water partition coefficient (Wildman–Crippen LogP) is 4.20. The number of rotatable bonds is 7. The number of carbonyl (C=O) groups excluding carboxylic acids is 1. The summed E-state index contributed by atoms with van der Waals surface area (Å²) in [5.74, 6) is 2.77. The molecule has 6 heteroatoms. The SMILES string of the molecule is CCC(=O)N1CCCC1c1nc2ccccc2n1CCOc1ccc(OC)cc1. The lowest BCUT2D eigenvalue weighted by atomic mass is 10.2. The van der Waals surface area contributed by atoms with Crippen LogP contribution in [0, 0.1) is 0 Å². The van der Waals surface area contributed by atoms with Crippen LogP contribution in [-0.2, 0) is 11.3 Å². The van der Waals surface area contributed by atoms with Gasteiger partial charge >= 0.3 is 0 Å². The van der Waals surface area contributed by atoms with Crippen LogP contribution in [0.25, 0.3) is 11.0 Å². The number of aromatic nitrogens is 2. The Balaban J connectivity index is 1.57.